The molecule has 0 spiro atoms. The van der Waals surface area contributed by atoms with Crippen LogP contribution in [0.1, 0.15) is 54.0 Å². The van der Waals surface area contributed by atoms with Gasteiger partial charge in [-0.2, -0.15) is 0 Å². The van der Waals surface area contributed by atoms with Gasteiger partial charge in [-0.15, -0.1) is 24.0 Å². The monoisotopic (exact) mass is 576 g/mol. The van der Waals surface area contributed by atoms with Crippen LogP contribution < -0.4 is 10.6 Å². The van der Waals surface area contributed by atoms with Crippen molar-refractivity contribution in [3.63, 3.8) is 0 Å². The maximum absolute atomic E-state index is 11.8. The number of benzene rings is 2. The van der Waals surface area contributed by atoms with Gasteiger partial charge >= 0.3 is 0 Å². The predicted molar refractivity (Wildman–Crippen MR) is 147 cm³/mol. The molecular formula is C27H37IN4O2. The van der Waals surface area contributed by atoms with Gasteiger partial charge in [0.25, 0.3) is 0 Å². The lowest BCUT2D eigenvalue weighted by Gasteiger charge is -2.32. The van der Waals surface area contributed by atoms with E-state index in [4.69, 9.17) is 4.74 Å². The molecule has 2 atom stereocenters. The molecule has 0 saturated carbocycles. The van der Waals surface area contributed by atoms with E-state index >= 15 is 0 Å². The van der Waals surface area contributed by atoms with Gasteiger partial charge in [0.1, 0.15) is 0 Å². The van der Waals surface area contributed by atoms with Crippen molar-refractivity contribution in [3.05, 3.63) is 70.8 Å². The number of halogens is 1. The van der Waals surface area contributed by atoms with Gasteiger partial charge in [0.15, 0.2) is 5.96 Å². The van der Waals surface area contributed by atoms with Crippen LogP contribution >= 0.6 is 24.0 Å². The normalized spacial score (nSPS) is 20.7. The lowest BCUT2D eigenvalue weighted by molar-refractivity contribution is -0.128. The van der Waals surface area contributed by atoms with E-state index in [1.807, 2.05) is 4.90 Å². The molecule has 2 N–H and O–H groups in total. The van der Waals surface area contributed by atoms with Crippen molar-refractivity contribution in [3.8, 4) is 0 Å². The molecule has 34 heavy (non-hydrogen) atoms. The highest BCUT2D eigenvalue weighted by Gasteiger charge is 2.27. The fourth-order valence-corrected chi connectivity index (χ4v) is 4.67. The fraction of sp³-hybridized carbons (Fsp3) is 0.481. The number of carbonyl (C=O) groups is 1. The molecule has 7 heteroatoms. The Morgan fingerprint density at radius 1 is 1.06 bits per heavy atom. The Bertz CT molecular complexity index is 946. The molecule has 2 aliphatic rings. The summed E-state index contributed by atoms with van der Waals surface area (Å²) in [5, 5.41) is 6.92. The van der Waals surface area contributed by atoms with E-state index in [9.17, 15) is 4.79 Å². The topological polar surface area (TPSA) is 66.0 Å². The number of hydrogen-bond donors (Lipinski definition) is 2. The first kappa shape index (κ1) is 26.5. The molecule has 2 aromatic carbocycles. The van der Waals surface area contributed by atoms with Gasteiger partial charge in [-0.1, -0.05) is 54.1 Å². The number of carbonyl (C=O) groups excluding carboxylic acids is 1. The second kappa shape index (κ2) is 13.1. The number of likely N-dealkylation sites (tertiary alicyclic amines) is 1. The Morgan fingerprint density at radius 3 is 2.47 bits per heavy atom. The number of nitrogens with one attached hydrogen (secondary N) is 2. The van der Waals surface area contributed by atoms with E-state index in [0.717, 1.165) is 44.9 Å². The summed E-state index contributed by atoms with van der Waals surface area (Å²) in [5.41, 5.74) is 4.89. The summed E-state index contributed by atoms with van der Waals surface area (Å²) < 4.78 is 6.15. The number of nitrogens with zero attached hydrogens (tertiary/aromatic N) is 2. The zero-order chi connectivity index (χ0) is 23.0. The van der Waals surface area contributed by atoms with Crippen LogP contribution in [0.5, 0.6) is 0 Å². The summed E-state index contributed by atoms with van der Waals surface area (Å²) in [6.45, 7) is 6.04. The molecule has 2 aromatic rings. The first-order valence-corrected chi connectivity index (χ1v) is 12.1. The number of aryl methyl sites for hydroxylation is 1. The molecule has 6 nitrogen and oxygen atoms in total. The Hall–Kier alpha value is -2.13. The zero-order valence-corrected chi connectivity index (χ0v) is 22.6. The first-order chi connectivity index (χ1) is 16.1. The minimum absolute atomic E-state index is 0. The number of ether oxygens (including phenoxy) is 1. The number of rotatable bonds is 7. The Labute approximate surface area is 220 Å². The predicted octanol–water partition coefficient (Wildman–Crippen LogP) is 4.57. The lowest BCUT2D eigenvalue weighted by Crippen LogP contribution is -2.41. The lowest BCUT2D eigenvalue weighted by atomic mass is 9.89. The molecule has 0 aliphatic carbocycles. The van der Waals surface area contributed by atoms with Gasteiger partial charge in [-0.3, -0.25) is 9.79 Å². The zero-order valence-electron chi connectivity index (χ0n) is 20.3. The van der Waals surface area contributed by atoms with Crippen LogP contribution in [0.25, 0.3) is 0 Å². The Kier molecular flexibility index (Phi) is 10.2. The van der Waals surface area contributed by atoms with Crippen LogP contribution in [0.2, 0.25) is 0 Å². The van der Waals surface area contributed by atoms with Gasteiger partial charge in [0.2, 0.25) is 5.91 Å². The summed E-state index contributed by atoms with van der Waals surface area (Å²) in [5.74, 6) is 1.48. The smallest absolute Gasteiger partial charge is 0.222 e. The highest BCUT2D eigenvalue weighted by molar-refractivity contribution is 14.0. The van der Waals surface area contributed by atoms with Gasteiger partial charge in [-0.25, -0.2) is 0 Å². The molecule has 184 valence electrons. The third kappa shape index (κ3) is 7.18. The van der Waals surface area contributed by atoms with Crippen molar-refractivity contribution >= 4 is 35.8 Å². The molecule has 2 fully saturated rings. The van der Waals surface area contributed by atoms with Crippen molar-refractivity contribution < 1.29 is 9.53 Å². The van der Waals surface area contributed by atoms with Crippen LogP contribution in [0, 0.1) is 12.8 Å². The molecule has 2 heterocycles. The molecule has 4 rings (SSSR count). The summed E-state index contributed by atoms with van der Waals surface area (Å²) >= 11 is 0. The van der Waals surface area contributed by atoms with E-state index in [2.05, 4.69) is 71.1 Å². The standard InChI is InChI=1S/C27H36N4O2.HI/c1-20-7-13-23(14-8-20)26-24(5-4-16-33-26)18-30-27(28-2)29-17-21-9-11-22(12-10-21)19-31-15-3-6-25(31)32;/h7-14,24,26H,3-6,15-19H2,1-2H3,(H2,28,29,30);1H. The molecule has 0 bridgehead atoms. The molecule has 2 aliphatic heterocycles. The Balaban J connectivity index is 0.00000324. The third-order valence-corrected chi connectivity index (χ3v) is 6.63. The molecular weight excluding hydrogens is 539 g/mol. The average molecular weight is 577 g/mol. The molecule has 2 saturated heterocycles. The fourth-order valence-electron chi connectivity index (χ4n) is 4.67. The number of guanidine groups is 1. The summed E-state index contributed by atoms with van der Waals surface area (Å²) in [4.78, 5) is 18.2. The first-order valence-electron chi connectivity index (χ1n) is 12.1. The van der Waals surface area contributed by atoms with Gasteiger partial charge < -0.3 is 20.3 Å². The van der Waals surface area contributed by atoms with E-state index in [1.54, 1.807) is 7.05 Å². The van der Waals surface area contributed by atoms with E-state index in [1.165, 1.54) is 22.3 Å². The largest absolute Gasteiger partial charge is 0.373 e. The minimum Gasteiger partial charge on any atom is -0.373 e. The molecule has 2 unspecified atom stereocenters. The van der Waals surface area contributed by atoms with Gasteiger partial charge in [0.05, 0.1) is 6.10 Å². The SMILES string of the molecule is CN=C(NCc1ccc(CN2CCCC2=O)cc1)NCC1CCCOC1c1ccc(C)cc1.I. The number of amides is 1. The highest BCUT2D eigenvalue weighted by atomic mass is 127. The molecule has 0 radical (unpaired) electrons. The Morgan fingerprint density at radius 2 is 1.79 bits per heavy atom. The summed E-state index contributed by atoms with van der Waals surface area (Å²) in [7, 11) is 1.81. The summed E-state index contributed by atoms with van der Waals surface area (Å²) in [6.07, 6.45) is 4.03. The van der Waals surface area contributed by atoms with E-state index < -0.39 is 0 Å². The average Bonchev–Trinajstić information content (AvgIpc) is 3.25. The van der Waals surface area contributed by atoms with E-state index in [-0.39, 0.29) is 36.0 Å². The quantitative estimate of drug-likeness (QED) is 0.288. The van der Waals surface area contributed by atoms with E-state index in [0.29, 0.717) is 25.4 Å². The maximum Gasteiger partial charge on any atom is 0.222 e. The van der Waals surface area contributed by atoms with Crippen LogP contribution in [0.4, 0.5) is 0 Å². The van der Waals surface area contributed by atoms with Crippen molar-refractivity contribution in [2.45, 2.75) is 51.8 Å². The van der Waals surface area contributed by atoms with Gasteiger partial charge in [0, 0.05) is 52.2 Å². The van der Waals surface area contributed by atoms with Crippen molar-refractivity contribution in [2.75, 3.05) is 26.7 Å². The second-order valence-corrected chi connectivity index (χ2v) is 9.15. The number of aliphatic imine (C=N–C) groups is 1. The maximum atomic E-state index is 11.8. The van der Waals surface area contributed by atoms with Crippen LogP contribution in [-0.2, 0) is 22.6 Å². The van der Waals surface area contributed by atoms with Crippen LogP contribution in [0.15, 0.2) is 53.5 Å². The minimum atomic E-state index is 0. The number of hydrogen-bond acceptors (Lipinski definition) is 3. The third-order valence-electron chi connectivity index (χ3n) is 6.63. The highest BCUT2D eigenvalue weighted by Crippen LogP contribution is 2.33. The molecule has 1 amide bonds. The van der Waals surface area contributed by atoms with Crippen molar-refractivity contribution in [1.82, 2.24) is 15.5 Å². The van der Waals surface area contributed by atoms with Crippen LogP contribution in [0.3, 0.4) is 0 Å². The van der Waals surface area contributed by atoms with Crippen molar-refractivity contribution in [2.24, 2.45) is 10.9 Å². The summed E-state index contributed by atoms with van der Waals surface area (Å²) in [6, 6.07) is 17.2. The van der Waals surface area contributed by atoms with Crippen LogP contribution in [-0.4, -0.2) is 43.5 Å². The second-order valence-electron chi connectivity index (χ2n) is 9.15. The molecule has 0 aromatic heterocycles. The van der Waals surface area contributed by atoms with Gasteiger partial charge in [-0.05, 0) is 42.9 Å². The van der Waals surface area contributed by atoms with Crippen molar-refractivity contribution in [1.29, 1.82) is 0 Å².